The maximum atomic E-state index is 12.7. The first-order chi connectivity index (χ1) is 13.2. The maximum Gasteiger partial charge on any atom is 0.251 e. The van der Waals surface area contributed by atoms with Gasteiger partial charge in [-0.3, -0.25) is 4.79 Å². The number of carbonyl (C=O) groups is 1. The van der Waals surface area contributed by atoms with Crippen LogP contribution in [0.4, 0.5) is 5.69 Å². The number of sulfonamides is 1. The zero-order valence-electron chi connectivity index (χ0n) is 16.9. The normalized spacial score (nSPS) is 11.4. The summed E-state index contributed by atoms with van der Waals surface area (Å²) in [5.41, 5.74) is 1.65. The zero-order valence-corrected chi connectivity index (χ0v) is 17.7. The Hall–Kier alpha value is -2.58. The first kappa shape index (κ1) is 21.7. The van der Waals surface area contributed by atoms with Crippen molar-refractivity contribution in [2.45, 2.75) is 18.4 Å². The Labute approximate surface area is 167 Å². The Bertz CT molecular complexity index is 940. The highest BCUT2D eigenvalue weighted by Crippen LogP contribution is 2.27. The zero-order chi connectivity index (χ0) is 20.9. The lowest BCUT2D eigenvalue weighted by Gasteiger charge is -2.21. The van der Waals surface area contributed by atoms with Crippen LogP contribution in [0.15, 0.2) is 47.4 Å². The molecule has 0 saturated carbocycles. The van der Waals surface area contributed by atoms with Gasteiger partial charge in [-0.05, 0) is 31.2 Å². The van der Waals surface area contributed by atoms with Gasteiger partial charge in [-0.1, -0.05) is 18.2 Å². The number of anilines is 1. The second-order valence-electron chi connectivity index (χ2n) is 6.59. The molecule has 7 nitrogen and oxygen atoms in total. The fraction of sp³-hybridized carbons (Fsp3) is 0.350. The van der Waals surface area contributed by atoms with Gasteiger partial charge in [0.05, 0.1) is 12.3 Å². The van der Waals surface area contributed by atoms with Crippen molar-refractivity contribution < 1.29 is 17.9 Å². The highest BCUT2D eigenvalue weighted by molar-refractivity contribution is 7.89. The maximum absolute atomic E-state index is 12.7. The molecule has 0 radical (unpaired) electrons. The van der Waals surface area contributed by atoms with Crippen LogP contribution >= 0.6 is 0 Å². The number of hydrogen-bond acceptors (Lipinski definition) is 5. The van der Waals surface area contributed by atoms with Crippen molar-refractivity contribution in [1.29, 1.82) is 0 Å². The Morgan fingerprint density at radius 3 is 2.36 bits per heavy atom. The van der Waals surface area contributed by atoms with Crippen molar-refractivity contribution >= 4 is 21.6 Å². The molecular weight excluding hydrogens is 378 g/mol. The second-order valence-corrected chi connectivity index (χ2v) is 8.71. The quantitative estimate of drug-likeness (QED) is 0.729. The van der Waals surface area contributed by atoms with Crippen LogP contribution in [0.1, 0.15) is 22.8 Å². The van der Waals surface area contributed by atoms with E-state index in [1.54, 1.807) is 31.1 Å². The van der Waals surface area contributed by atoms with E-state index in [9.17, 15) is 13.2 Å². The van der Waals surface area contributed by atoms with Crippen LogP contribution in [0.2, 0.25) is 0 Å². The predicted octanol–water partition coefficient (Wildman–Crippen LogP) is 2.33. The molecule has 0 aliphatic rings. The van der Waals surface area contributed by atoms with E-state index in [2.05, 4.69) is 5.32 Å². The van der Waals surface area contributed by atoms with Crippen LogP contribution in [0.5, 0.6) is 5.75 Å². The molecule has 1 amide bonds. The molecular formula is C20H27N3O4S. The number of amides is 1. The highest BCUT2D eigenvalue weighted by atomic mass is 32.2. The molecule has 28 heavy (non-hydrogen) atoms. The molecule has 8 heteroatoms. The van der Waals surface area contributed by atoms with Crippen molar-refractivity contribution in [2.24, 2.45) is 0 Å². The molecule has 152 valence electrons. The van der Waals surface area contributed by atoms with E-state index in [4.69, 9.17) is 4.74 Å². The predicted molar refractivity (Wildman–Crippen MR) is 110 cm³/mol. The molecule has 0 heterocycles. The second kappa shape index (κ2) is 9.07. The Morgan fingerprint density at radius 2 is 1.75 bits per heavy atom. The largest absolute Gasteiger partial charge is 0.494 e. The van der Waals surface area contributed by atoms with Crippen molar-refractivity contribution in [3.05, 3.63) is 53.6 Å². The molecule has 0 atom stereocenters. The van der Waals surface area contributed by atoms with Crippen LogP contribution in [0, 0.1) is 0 Å². The molecule has 0 bridgehead atoms. The van der Waals surface area contributed by atoms with Crippen molar-refractivity contribution in [3.63, 3.8) is 0 Å². The van der Waals surface area contributed by atoms with Gasteiger partial charge < -0.3 is 15.0 Å². The lowest BCUT2D eigenvalue weighted by molar-refractivity contribution is 0.0950. The highest BCUT2D eigenvalue weighted by Gasteiger charge is 2.24. The molecule has 2 aromatic rings. The molecule has 2 rings (SSSR count). The molecule has 1 N–H and O–H groups in total. The summed E-state index contributed by atoms with van der Waals surface area (Å²) in [4.78, 5) is 14.4. The van der Waals surface area contributed by atoms with Crippen molar-refractivity contribution in [2.75, 3.05) is 39.7 Å². The van der Waals surface area contributed by atoms with E-state index >= 15 is 0 Å². The van der Waals surface area contributed by atoms with Crippen LogP contribution in [-0.4, -0.2) is 53.4 Å². The number of rotatable bonds is 8. The van der Waals surface area contributed by atoms with Gasteiger partial charge in [-0.25, -0.2) is 12.7 Å². The smallest absolute Gasteiger partial charge is 0.251 e. The SMILES string of the molecule is CCOc1ccccc1CNC(=O)c1ccc(N(C)C)c(S(=O)(=O)N(C)C)c1. The van der Waals surface area contributed by atoms with Crippen LogP contribution in [0.3, 0.4) is 0 Å². The van der Waals surface area contributed by atoms with Gasteiger partial charge in [0.15, 0.2) is 0 Å². The summed E-state index contributed by atoms with van der Waals surface area (Å²) in [6.45, 7) is 2.71. The summed E-state index contributed by atoms with van der Waals surface area (Å²) in [6.07, 6.45) is 0. The van der Waals surface area contributed by atoms with E-state index in [1.165, 1.54) is 20.2 Å². The number of carbonyl (C=O) groups excluding carboxylic acids is 1. The fourth-order valence-electron chi connectivity index (χ4n) is 2.65. The third-order valence-corrected chi connectivity index (χ3v) is 6.02. The summed E-state index contributed by atoms with van der Waals surface area (Å²) < 4.78 is 32.1. The lowest BCUT2D eigenvalue weighted by atomic mass is 10.1. The van der Waals surface area contributed by atoms with E-state index in [1.807, 2.05) is 31.2 Å². The minimum atomic E-state index is -3.70. The molecule has 0 aliphatic carbocycles. The van der Waals surface area contributed by atoms with Crippen molar-refractivity contribution in [3.8, 4) is 5.75 Å². The molecule has 2 aromatic carbocycles. The molecule has 0 aliphatic heterocycles. The van der Waals surface area contributed by atoms with Crippen molar-refractivity contribution in [1.82, 2.24) is 9.62 Å². The van der Waals surface area contributed by atoms with E-state index < -0.39 is 10.0 Å². The summed E-state index contributed by atoms with van der Waals surface area (Å²) in [5.74, 6) is 0.357. The number of hydrogen-bond donors (Lipinski definition) is 1. The van der Waals surface area contributed by atoms with Gasteiger partial charge >= 0.3 is 0 Å². The molecule has 0 unspecified atom stereocenters. The summed E-state index contributed by atoms with van der Waals surface area (Å²) in [6, 6.07) is 12.1. The summed E-state index contributed by atoms with van der Waals surface area (Å²) in [5, 5.41) is 2.83. The Morgan fingerprint density at radius 1 is 1.07 bits per heavy atom. The summed E-state index contributed by atoms with van der Waals surface area (Å²) >= 11 is 0. The topological polar surface area (TPSA) is 79.0 Å². The van der Waals surface area contributed by atoms with E-state index in [-0.39, 0.29) is 22.9 Å². The number of benzene rings is 2. The first-order valence-electron chi connectivity index (χ1n) is 8.91. The number of para-hydroxylation sites is 1. The van der Waals surface area contributed by atoms with Gasteiger partial charge in [0.1, 0.15) is 10.6 Å². The average Bonchev–Trinajstić information content (AvgIpc) is 2.66. The third kappa shape index (κ3) is 4.82. The minimum Gasteiger partial charge on any atom is -0.494 e. The van der Waals surface area contributed by atoms with Gasteiger partial charge in [-0.15, -0.1) is 0 Å². The molecule has 0 aromatic heterocycles. The van der Waals surface area contributed by atoms with Gasteiger partial charge in [-0.2, -0.15) is 0 Å². The number of ether oxygens (including phenoxy) is 1. The molecule has 0 fully saturated rings. The minimum absolute atomic E-state index is 0.0878. The van der Waals surface area contributed by atoms with Crippen LogP contribution in [-0.2, 0) is 16.6 Å². The van der Waals surface area contributed by atoms with Crippen LogP contribution < -0.4 is 15.0 Å². The van der Waals surface area contributed by atoms with Crippen LogP contribution in [0.25, 0.3) is 0 Å². The van der Waals surface area contributed by atoms with E-state index in [0.29, 0.717) is 18.0 Å². The standard InChI is InChI=1S/C20H27N3O4S/c1-6-27-18-10-8-7-9-16(18)14-21-20(24)15-11-12-17(22(2)3)19(13-15)28(25,26)23(4)5/h7-13H,6,14H2,1-5H3,(H,21,24). The van der Waals surface area contributed by atoms with Gasteiger partial charge in [0.2, 0.25) is 10.0 Å². The monoisotopic (exact) mass is 405 g/mol. The number of nitrogens with one attached hydrogen (secondary N) is 1. The van der Waals surface area contributed by atoms with Gasteiger partial charge in [0.25, 0.3) is 5.91 Å². The Kier molecular flexibility index (Phi) is 7.04. The first-order valence-corrected chi connectivity index (χ1v) is 10.3. The fourth-order valence-corrected chi connectivity index (χ4v) is 3.84. The average molecular weight is 406 g/mol. The lowest BCUT2D eigenvalue weighted by Crippen LogP contribution is -2.27. The molecule has 0 spiro atoms. The number of nitrogens with zero attached hydrogens (tertiary/aromatic N) is 2. The third-order valence-electron chi connectivity index (χ3n) is 4.17. The Balaban J connectivity index is 2.29. The summed E-state index contributed by atoms with van der Waals surface area (Å²) in [7, 11) is 2.75. The molecule has 0 saturated heterocycles. The van der Waals surface area contributed by atoms with Gasteiger partial charge in [0, 0.05) is 45.9 Å². The van der Waals surface area contributed by atoms with E-state index in [0.717, 1.165) is 9.87 Å².